The number of piperazine rings is 1. The summed E-state index contributed by atoms with van der Waals surface area (Å²) in [7, 11) is 0. The molecule has 3 aromatic rings. The molecule has 172 valence electrons. The van der Waals surface area contributed by atoms with E-state index in [9.17, 15) is 9.59 Å². The van der Waals surface area contributed by atoms with Crippen molar-refractivity contribution in [2.24, 2.45) is 0 Å². The highest BCUT2D eigenvalue weighted by Crippen LogP contribution is 2.17. The fourth-order valence-electron chi connectivity index (χ4n) is 4.27. The second kappa shape index (κ2) is 11.3. The van der Waals surface area contributed by atoms with Crippen molar-refractivity contribution in [2.45, 2.75) is 25.9 Å². The highest BCUT2D eigenvalue weighted by molar-refractivity contribution is 7.12. The van der Waals surface area contributed by atoms with Gasteiger partial charge in [-0.3, -0.25) is 14.5 Å². The Bertz CT molecular complexity index is 1020. The fourth-order valence-corrected chi connectivity index (χ4v) is 4.96. The highest BCUT2D eigenvalue weighted by Gasteiger charge is 2.30. The predicted molar refractivity (Wildman–Crippen MR) is 133 cm³/mol. The van der Waals surface area contributed by atoms with E-state index < -0.39 is 0 Å². The third kappa shape index (κ3) is 6.09. The van der Waals surface area contributed by atoms with Gasteiger partial charge in [-0.2, -0.15) is 0 Å². The van der Waals surface area contributed by atoms with Crippen LogP contribution in [-0.2, 0) is 17.8 Å². The van der Waals surface area contributed by atoms with Gasteiger partial charge in [0, 0.05) is 39.3 Å². The van der Waals surface area contributed by atoms with Crippen LogP contribution in [0.2, 0.25) is 0 Å². The van der Waals surface area contributed by atoms with Crippen molar-refractivity contribution in [3.63, 3.8) is 0 Å². The molecule has 4 rings (SSSR count). The minimum Gasteiger partial charge on any atom is -0.337 e. The Morgan fingerprint density at radius 1 is 0.879 bits per heavy atom. The van der Waals surface area contributed by atoms with Gasteiger partial charge in [0.2, 0.25) is 5.91 Å². The molecule has 0 bridgehead atoms. The molecule has 0 saturated carbocycles. The third-order valence-corrected chi connectivity index (χ3v) is 7.14. The van der Waals surface area contributed by atoms with Gasteiger partial charge in [-0.15, -0.1) is 11.3 Å². The van der Waals surface area contributed by atoms with Crippen molar-refractivity contribution >= 4 is 23.2 Å². The Balaban J connectivity index is 1.38. The first-order valence-electron chi connectivity index (χ1n) is 11.6. The average Bonchev–Trinajstić information content (AvgIpc) is 3.42. The lowest BCUT2D eigenvalue weighted by atomic mass is 10.1. The van der Waals surface area contributed by atoms with E-state index in [1.165, 1.54) is 16.9 Å². The number of hydrogen-bond donors (Lipinski definition) is 0. The van der Waals surface area contributed by atoms with Gasteiger partial charge in [-0.05, 0) is 35.9 Å². The first kappa shape index (κ1) is 23.2. The summed E-state index contributed by atoms with van der Waals surface area (Å²) in [6, 6.07) is 24.1. The van der Waals surface area contributed by atoms with Crippen LogP contribution >= 0.6 is 11.3 Å². The number of hydrogen-bond acceptors (Lipinski definition) is 4. The van der Waals surface area contributed by atoms with Crippen molar-refractivity contribution in [1.29, 1.82) is 0 Å². The third-order valence-electron chi connectivity index (χ3n) is 6.28. The lowest BCUT2D eigenvalue weighted by Gasteiger charge is -2.39. The molecule has 2 aromatic carbocycles. The van der Waals surface area contributed by atoms with Crippen molar-refractivity contribution in [1.82, 2.24) is 14.7 Å². The van der Waals surface area contributed by atoms with E-state index in [2.05, 4.69) is 29.2 Å². The zero-order valence-corrected chi connectivity index (χ0v) is 19.9. The van der Waals surface area contributed by atoms with E-state index in [4.69, 9.17) is 0 Å². The molecule has 5 nitrogen and oxygen atoms in total. The molecule has 0 aliphatic carbocycles. The van der Waals surface area contributed by atoms with Crippen molar-refractivity contribution < 1.29 is 9.59 Å². The molecule has 1 aliphatic rings. The van der Waals surface area contributed by atoms with Gasteiger partial charge in [-0.25, -0.2) is 0 Å². The van der Waals surface area contributed by atoms with Gasteiger partial charge >= 0.3 is 0 Å². The van der Waals surface area contributed by atoms with Crippen LogP contribution in [0.4, 0.5) is 0 Å². The molecule has 1 aliphatic heterocycles. The van der Waals surface area contributed by atoms with Gasteiger partial charge in [0.25, 0.3) is 5.91 Å². The maximum atomic E-state index is 13.6. The second-order valence-electron chi connectivity index (χ2n) is 8.46. The first-order chi connectivity index (χ1) is 16.1. The van der Waals surface area contributed by atoms with Crippen LogP contribution in [0.5, 0.6) is 0 Å². The fraction of sp³-hybridized carbons (Fsp3) is 0.333. The average molecular weight is 462 g/mol. The van der Waals surface area contributed by atoms with Gasteiger partial charge in [0.1, 0.15) is 0 Å². The van der Waals surface area contributed by atoms with E-state index >= 15 is 0 Å². The number of carbonyl (C=O) groups excluding carboxylic acids is 2. The van der Waals surface area contributed by atoms with Gasteiger partial charge in [-0.1, -0.05) is 66.7 Å². The number of amides is 2. The molecule has 1 fully saturated rings. The molecule has 0 spiro atoms. The lowest BCUT2D eigenvalue weighted by Crippen LogP contribution is -2.55. The number of rotatable bonds is 8. The minimum absolute atomic E-state index is 0.0946. The van der Waals surface area contributed by atoms with E-state index in [-0.39, 0.29) is 17.9 Å². The molecule has 1 saturated heterocycles. The van der Waals surface area contributed by atoms with E-state index in [0.29, 0.717) is 39.3 Å². The van der Waals surface area contributed by atoms with Gasteiger partial charge in [0.05, 0.1) is 10.9 Å². The SMILES string of the molecule is CC(C(=O)N(CCc1ccccc1)Cc1ccccc1)N1CCN(C(=O)c2cccs2)CC1. The Labute approximate surface area is 200 Å². The quantitative estimate of drug-likeness (QED) is 0.506. The normalized spacial score (nSPS) is 15.2. The topological polar surface area (TPSA) is 43.9 Å². The van der Waals surface area contributed by atoms with Gasteiger partial charge < -0.3 is 9.80 Å². The molecular formula is C27H31N3O2S. The molecule has 2 heterocycles. The lowest BCUT2D eigenvalue weighted by molar-refractivity contribution is -0.137. The van der Waals surface area contributed by atoms with Crippen LogP contribution in [0.25, 0.3) is 0 Å². The molecule has 0 radical (unpaired) electrons. The Morgan fingerprint density at radius 2 is 1.52 bits per heavy atom. The number of carbonyl (C=O) groups is 2. The largest absolute Gasteiger partial charge is 0.337 e. The summed E-state index contributed by atoms with van der Waals surface area (Å²) in [5.41, 5.74) is 2.37. The number of benzene rings is 2. The minimum atomic E-state index is -0.219. The van der Waals surface area contributed by atoms with Crippen LogP contribution in [0, 0.1) is 0 Å². The summed E-state index contributed by atoms with van der Waals surface area (Å²) in [5, 5.41) is 1.93. The summed E-state index contributed by atoms with van der Waals surface area (Å²) >= 11 is 1.48. The number of nitrogens with zero attached hydrogens (tertiary/aromatic N) is 3. The van der Waals surface area contributed by atoms with E-state index in [1.807, 2.05) is 70.6 Å². The molecule has 1 unspecified atom stereocenters. The standard InChI is InChI=1S/C27H31N3O2S/c1-22(28-16-18-29(19-17-28)27(32)25-13-8-20-33-25)26(31)30(21-24-11-6-3-7-12-24)15-14-23-9-4-2-5-10-23/h2-13,20,22H,14-19,21H2,1H3. The molecule has 1 atom stereocenters. The Hall–Kier alpha value is -2.96. The zero-order chi connectivity index (χ0) is 23.0. The summed E-state index contributed by atoms with van der Waals surface area (Å²) in [6.45, 7) is 6.00. The number of thiophene rings is 1. The molecule has 0 N–H and O–H groups in total. The highest BCUT2D eigenvalue weighted by atomic mass is 32.1. The van der Waals surface area contributed by atoms with E-state index in [1.54, 1.807) is 0 Å². The van der Waals surface area contributed by atoms with Gasteiger partial charge in [0.15, 0.2) is 0 Å². The second-order valence-corrected chi connectivity index (χ2v) is 9.41. The van der Waals surface area contributed by atoms with Crippen LogP contribution in [0.1, 0.15) is 27.7 Å². The Morgan fingerprint density at radius 3 is 2.12 bits per heavy atom. The molecule has 1 aromatic heterocycles. The van der Waals surface area contributed by atoms with E-state index in [0.717, 1.165) is 16.9 Å². The monoisotopic (exact) mass is 461 g/mol. The van der Waals surface area contributed by atoms with Crippen molar-refractivity contribution in [3.8, 4) is 0 Å². The smallest absolute Gasteiger partial charge is 0.264 e. The van der Waals surface area contributed by atoms with Crippen molar-refractivity contribution in [2.75, 3.05) is 32.7 Å². The predicted octanol–water partition coefficient (Wildman–Crippen LogP) is 4.17. The summed E-state index contributed by atoms with van der Waals surface area (Å²) in [6.07, 6.45) is 0.829. The summed E-state index contributed by atoms with van der Waals surface area (Å²) < 4.78 is 0. The van der Waals surface area contributed by atoms with Crippen molar-refractivity contribution in [3.05, 3.63) is 94.2 Å². The summed E-state index contributed by atoms with van der Waals surface area (Å²) in [4.78, 5) is 33.1. The Kier molecular flexibility index (Phi) is 7.92. The maximum Gasteiger partial charge on any atom is 0.264 e. The van der Waals surface area contributed by atoms with Crippen LogP contribution in [0.15, 0.2) is 78.2 Å². The summed E-state index contributed by atoms with van der Waals surface area (Å²) in [5.74, 6) is 0.241. The zero-order valence-electron chi connectivity index (χ0n) is 19.1. The molecule has 2 amide bonds. The van der Waals surface area contributed by atoms with Crippen LogP contribution in [0.3, 0.4) is 0 Å². The molecule has 33 heavy (non-hydrogen) atoms. The molecular weight excluding hydrogens is 430 g/mol. The maximum absolute atomic E-state index is 13.6. The first-order valence-corrected chi connectivity index (χ1v) is 12.4. The van der Waals surface area contributed by atoms with Crippen LogP contribution in [-0.4, -0.2) is 65.3 Å². The molecule has 6 heteroatoms. The van der Waals surface area contributed by atoms with Crippen LogP contribution < -0.4 is 0 Å².